The van der Waals surface area contributed by atoms with Crippen molar-refractivity contribution in [3.05, 3.63) is 54.8 Å². The molecule has 1 heterocycles. The van der Waals surface area contributed by atoms with Crippen LogP contribution in [0.2, 0.25) is 0 Å². The third-order valence-corrected chi connectivity index (χ3v) is 3.39. The molecule has 0 saturated heterocycles. The molecule has 0 atom stereocenters. The van der Waals surface area contributed by atoms with Gasteiger partial charge in [0.15, 0.2) is 0 Å². The highest BCUT2D eigenvalue weighted by Gasteiger charge is 2.09. The minimum atomic E-state index is 0.296. The van der Waals surface area contributed by atoms with E-state index in [1.165, 1.54) is 0 Å². The monoisotopic (exact) mass is 234 g/mol. The van der Waals surface area contributed by atoms with Crippen molar-refractivity contribution in [1.82, 2.24) is 0 Å². The summed E-state index contributed by atoms with van der Waals surface area (Å²) >= 11 is 0. The first-order chi connectivity index (χ1) is 8.83. The second-order valence-corrected chi connectivity index (χ2v) is 4.48. The van der Waals surface area contributed by atoms with E-state index < -0.39 is 0 Å². The van der Waals surface area contributed by atoms with Gasteiger partial charge in [-0.1, -0.05) is 24.3 Å². The van der Waals surface area contributed by atoms with Crippen LogP contribution >= 0.6 is 0 Å². The molecule has 0 aliphatic heterocycles. The smallest absolute Gasteiger partial charge is 0.141 e. The molecule has 1 aromatic heterocycles. The molecule has 1 N–H and O–H groups in total. The van der Waals surface area contributed by atoms with Crippen LogP contribution in [-0.2, 0) is 0 Å². The number of phenolic OH excluding ortho intramolecular Hbond substituents is 1. The van der Waals surface area contributed by atoms with Crippen LogP contribution in [0.4, 0.5) is 0 Å². The molecule has 0 radical (unpaired) electrons. The Morgan fingerprint density at radius 3 is 2.28 bits per heavy atom. The Bertz CT molecular complexity index is 887. The molecule has 0 saturated carbocycles. The van der Waals surface area contributed by atoms with Gasteiger partial charge in [0.2, 0.25) is 0 Å². The summed E-state index contributed by atoms with van der Waals surface area (Å²) in [5, 5.41) is 15.1. The molecule has 2 heteroatoms. The van der Waals surface area contributed by atoms with Gasteiger partial charge < -0.3 is 9.52 Å². The molecule has 0 aliphatic rings. The highest BCUT2D eigenvalue weighted by Crippen LogP contribution is 2.35. The molecule has 0 amide bonds. The number of fused-ring (bicyclic) bond motifs is 4. The number of aromatic hydroxyl groups is 1. The highest BCUT2D eigenvalue weighted by atomic mass is 16.3. The van der Waals surface area contributed by atoms with Crippen LogP contribution in [-0.4, -0.2) is 5.11 Å². The van der Waals surface area contributed by atoms with E-state index in [-0.39, 0.29) is 0 Å². The van der Waals surface area contributed by atoms with Gasteiger partial charge in [-0.2, -0.15) is 0 Å². The maximum absolute atomic E-state index is 10.1. The van der Waals surface area contributed by atoms with Crippen molar-refractivity contribution in [2.75, 3.05) is 0 Å². The van der Waals surface area contributed by atoms with Gasteiger partial charge in [0.05, 0.1) is 6.26 Å². The molecule has 0 unspecified atom stereocenters. The first-order valence-corrected chi connectivity index (χ1v) is 5.84. The first-order valence-electron chi connectivity index (χ1n) is 5.84. The van der Waals surface area contributed by atoms with E-state index in [1.807, 2.05) is 30.3 Å². The predicted octanol–water partition coefficient (Wildman–Crippen LogP) is 4.44. The maximum atomic E-state index is 10.1. The molecule has 3 aromatic carbocycles. The number of phenols is 1. The summed E-state index contributed by atoms with van der Waals surface area (Å²) < 4.78 is 5.52. The highest BCUT2D eigenvalue weighted by molar-refractivity contribution is 6.12. The predicted molar refractivity (Wildman–Crippen MR) is 72.9 cm³/mol. The summed E-state index contributed by atoms with van der Waals surface area (Å²) in [5.74, 6) is 0.296. The van der Waals surface area contributed by atoms with E-state index in [2.05, 4.69) is 12.1 Å². The Labute approximate surface area is 103 Å². The number of benzene rings is 3. The SMILES string of the molecule is Oc1cc2ccoc2c2cc3ccccc3cc12. The van der Waals surface area contributed by atoms with Gasteiger partial charge in [-0.05, 0) is 35.0 Å². The molecule has 4 rings (SSSR count). The zero-order valence-electron chi connectivity index (χ0n) is 9.55. The lowest BCUT2D eigenvalue weighted by molar-refractivity contribution is 0.482. The van der Waals surface area contributed by atoms with Crippen LogP contribution < -0.4 is 0 Å². The molecule has 2 nitrogen and oxygen atoms in total. The van der Waals surface area contributed by atoms with Crippen LogP contribution in [0.3, 0.4) is 0 Å². The number of hydrogen-bond acceptors (Lipinski definition) is 2. The first kappa shape index (κ1) is 9.54. The van der Waals surface area contributed by atoms with Crippen molar-refractivity contribution in [3.63, 3.8) is 0 Å². The molecule has 86 valence electrons. The quantitative estimate of drug-likeness (QED) is 0.456. The number of furan rings is 1. The Morgan fingerprint density at radius 1 is 0.778 bits per heavy atom. The van der Waals surface area contributed by atoms with E-state index in [4.69, 9.17) is 4.42 Å². The van der Waals surface area contributed by atoms with Gasteiger partial charge in [-0.25, -0.2) is 0 Å². The Balaban J connectivity index is 2.32. The van der Waals surface area contributed by atoms with Crippen LogP contribution in [0.5, 0.6) is 5.75 Å². The lowest BCUT2D eigenvalue weighted by Gasteiger charge is -2.05. The van der Waals surface area contributed by atoms with Crippen molar-refractivity contribution in [3.8, 4) is 5.75 Å². The minimum Gasteiger partial charge on any atom is -0.507 e. The van der Waals surface area contributed by atoms with E-state index in [9.17, 15) is 5.11 Å². The Hall–Kier alpha value is -2.48. The molecule has 0 bridgehead atoms. The van der Waals surface area contributed by atoms with Gasteiger partial charge in [0.25, 0.3) is 0 Å². The van der Waals surface area contributed by atoms with Gasteiger partial charge >= 0.3 is 0 Å². The lowest BCUT2D eigenvalue weighted by atomic mass is 10.0. The number of hydrogen-bond donors (Lipinski definition) is 1. The zero-order valence-corrected chi connectivity index (χ0v) is 9.55. The average molecular weight is 234 g/mol. The van der Waals surface area contributed by atoms with Crippen LogP contribution in [0.25, 0.3) is 32.5 Å². The van der Waals surface area contributed by atoms with Gasteiger partial charge in [0, 0.05) is 16.2 Å². The molecule has 0 aliphatic carbocycles. The third kappa shape index (κ3) is 1.17. The van der Waals surface area contributed by atoms with E-state index in [0.717, 1.165) is 32.5 Å². The largest absolute Gasteiger partial charge is 0.507 e. The summed E-state index contributed by atoms with van der Waals surface area (Å²) in [6.07, 6.45) is 1.65. The Morgan fingerprint density at radius 2 is 1.50 bits per heavy atom. The van der Waals surface area contributed by atoms with E-state index >= 15 is 0 Å². The van der Waals surface area contributed by atoms with Crippen molar-refractivity contribution in [2.45, 2.75) is 0 Å². The fourth-order valence-corrected chi connectivity index (χ4v) is 2.52. The fourth-order valence-electron chi connectivity index (χ4n) is 2.52. The summed E-state index contributed by atoms with van der Waals surface area (Å²) in [6.45, 7) is 0. The topological polar surface area (TPSA) is 33.4 Å². The van der Waals surface area contributed by atoms with Crippen LogP contribution in [0, 0.1) is 0 Å². The maximum Gasteiger partial charge on any atom is 0.141 e. The summed E-state index contributed by atoms with van der Waals surface area (Å²) in [6, 6.07) is 15.8. The van der Waals surface area contributed by atoms with Gasteiger partial charge in [-0.3, -0.25) is 0 Å². The average Bonchev–Trinajstić information content (AvgIpc) is 2.85. The minimum absolute atomic E-state index is 0.296. The second kappa shape index (κ2) is 3.26. The molecule has 4 aromatic rings. The summed E-state index contributed by atoms with van der Waals surface area (Å²) in [4.78, 5) is 0. The van der Waals surface area contributed by atoms with Gasteiger partial charge in [0.1, 0.15) is 11.3 Å². The standard InChI is InChI=1S/C16H10O2/c17-15-9-12-5-6-18-16(12)14-8-11-4-2-1-3-10(11)7-13(14)15/h1-9,17H. The van der Waals surface area contributed by atoms with E-state index in [0.29, 0.717) is 5.75 Å². The fraction of sp³-hybridized carbons (Fsp3) is 0. The Kier molecular flexibility index (Phi) is 1.73. The molecular weight excluding hydrogens is 224 g/mol. The van der Waals surface area contributed by atoms with E-state index in [1.54, 1.807) is 12.3 Å². The summed E-state index contributed by atoms with van der Waals surface area (Å²) in [7, 11) is 0. The zero-order chi connectivity index (χ0) is 12.1. The molecule has 0 spiro atoms. The normalized spacial score (nSPS) is 11.6. The van der Waals surface area contributed by atoms with Crippen molar-refractivity contribution < 1.29 is 9.52 Å². The van der Waals surface area contributed by atoms with Gasteiger partial charge in [-0.15, -0.1) is 0 Å². The van der Waals surface area contributed by atoms with Crippen LogP contribution in [0.1, 0.15) is 0 Å². The molecule has 0 fully saturated rings. The van der Waals surface area contributed by atoms with Crippen LogP contribution in [0.15, 0.2) is 59.2 Å². The lowest BCUT2D eigenvalue weighted by Crippen LogP contribution is -1.78. The molecule has 18 heavy (non-hydrogen) atoms. The van der Waals surface area contributed by atoms with Crippen molar-refractivity contribution in [2.24, 2.45) is 0 Å². The van der Waals surface area contributed by atoms with Crippen molar-refractivity contribution >= 4 is 32.5 Å². The number of rotatable bonds is 0. The second-order valence-electron chi connectivity index (χ2n) is 4.48. The molecular formula is C16H10O2. The van der Waals surface area contributed by atoms with Crippen molar-refractivity contribution in [1.29, 1.82) is 0 Å². The third-order valence-electron chi connectivity index (χ3n) is 3.39. The summed E-state index contributed by atoms with van der Waals surface area (Å²) in [5.41, 5.74) is 0.827.